The predicted octanol–water partition coefficient (Wildman–Crippen LogP) is 18.9. The van der Waals surface area contributed by atoms with Crippen LogP contribution in [0.15, 0.2) is 48.6 Å². The van der Waals surface area contributed by atoms with Crippen molar-refractivity contribution in [2.45, 2.75) is 315 Å². The SMILES string of the molecule is CCCCC/C=C\C/C=C\CCCCCCCCCC(=O)OC(CO)COP(=O)(O)OCC(COC(=O)CCCCCCCCCCCCCCCCC)OC(=O)CCCCCCCCC/C=C\C/C=C\CCCCC. The first-order valence-corrected chi connectivity index (χ1v) is 33.0. The molecule has 0 amide bonds. The van der Waals surface area contributed by atoms with E-state index in [1.807, 2.05) is 0 Å². The fourth-order valence-corrected chi connectivity index (χ4v) is 9.67. The average molecular weight is 1090 g/mol. The van der Waals surface area contributed by atoms with Gasteiger partial charge in [0, 0.05) is 19.3 Å². The number of ether oxygens (including phenoxy) is 3. The van der Waals surface area contributed by atoms with Crippen molar-refractivity contribution in [1.82, 2.24) is 0 Å². The van der Waals surface area contributed by atoms with E-state index in [4.69, 9.17) is 23.3 Å². The molecule has 0 aromatic rings. The lowest BCUT2D eigenvalue weighted by Gasteiger charge is -2.21. The number of unbranched alkanes of at least 4 members (excludes halogenated alkanes) is 34. The van der Waals surface area contributed by atoms with Crippen molar-refractivity contribution >= 4 is 25.7 Å². The number of carbonyl (C=O) groups excluding carboxylic acids is 3. The first-order chi connectivity index (χ1) is 37.2. The van der Waals surface area contributed by atoms with Gasteiger partial charge in [-0.25, -0.2) is 4.57 Å². The summed E-state index contributed by atoms with van der Waals surface area (Å²) in [6, 6.07) is 0. The number of aliphatic hydroxyl groups excluding tert-OH is 1. The number of rotatable bonds is 59. The van der Waals surface area contributed by atoms with Gasteiger partial charge in [-0.05, 0) is 83.5 Å². The molecule has 0 aromatic carbocycles. The first kappa shape index (κ1) is 73.4. The smallest absolute Gasteiger partial charge is 0.462 e. The molecule has 0 saturated carbocycles. The van der Waals surface area contributed by atoms with Gasteiger partial charge < -0.3 is 24.2 Å². The Bertz CT molecular complexity index is 1460. The second-order valence-corrected chi connectivity index (χ2v) is 22.7. The van der Waals surface area contributed by atoms with Crippen LogP contribution < -0.4 is 0 Å². The average Bonchev–Trinajstić information content (AvgIpc) is 3.41. The van der Waals surface area contributed by atoms with Crippen LogP contribution in [0, 0.1) is 0 Å². The predicted molar refractivity (Wildman–Crippen MR) is 316 cm³/mol. The first-order valence-electron chi connectivity index (χ1n) is 31.5. The van der Waals surface area contributed by atoms with Gasteiger partial charge in [0.25, 0.3) is 0 Å². The van der Waals surface area contributed by atoms with Crippen LogP contribution in [-0.4, -0.2) is 66.5 Å². The van der Waals surface area contributed by atoms with Gasteiger partial charge in [0.15, 0.2) is 6.10 Å². The van der Waals surface area contributed by atoms with E-state index in [1.165, 1.54) is 148 Å². The highest BCUT2D eigenvalue weighted by molar-refractivity contribution is 7.47. The number of phosphoric ester groups is 1. The van der Waals surface area contributed by atoms with Crippen LogP contribution >= 0.6 is 7.82 Å². The number of aliphatic hydroxyl groups is 1. The number of hydrogen-bond acceptors (Lipinski definition) is 10. The molecule has 0 rings (SSSR count). The second-order valence-electron chi connectivity index (χ2n) is 21.2. The molecule has 3 atom stereocenters. The summed E-state index contributed by atoms with van der Waals surface area (Å²) in [5, 5.41) is 9.84. The Morgan fingerprint density at radius 3 is 1.00 bits per heavy atom. The van der Waals surface area contributed by atoms with Gasteiger partial charge in [-0.3, -0.25) is 23.4 Å². The van der Waals surface area contributed by atoms with Crippen molar-refractivity contribution in [2.24, 2.45) is 0 Å². The summed E-state index contributed by atoms with van der Waals surface area (Å²) >= 11 is 0. The molecule has 0 aliphatic carbocycles. The topological polar surface area (TPSA) is 155 Å². The molecule has 3 unspecified atom stereocenters. The van der Waals surface area contributed by atoms with Gasteiger partial charge in [0.05, 0.1) is 19.8 Å². The lowest BCUT2D eigenvalue weighted by molar-refractivity contribution is -0.161. The summed E-state index contributed by atoms with van der Waals surface area (Å²) in [6.45, 7) is 4.63. The van der Waals surface area contributed by atoms with Crippen molar-refractivity contribution in [3.8, 4) is 0 Å². The number of esters is 3. The number of allylic oxidation sites excluding steroid dienone is 8. The highest BCUT2D eigenvalue weighted by atomic mass is 31.2. The molecule has 76 heavy (non-hydrogen) atoms. The van der Waals surface area contributed by atoms with Crippen LogP contribution in [0.2, 0.25) is 0 Å². The molecule has 2 N–H and O–H groups in total. The maximum absolute atomic E-state index is 12.9. The number of phosphoric acid groups is 1. The van der Waals surface area contributed by atoms with Gasteiger partial charge in [-0.15, -0.1) is 0 Å². The van der Waals surface area contributed by atoms with Crippen molar-refractivity contribution in [2.75, 3.05) is 26.4 Å². The van der Waals surface area contributed by atoms with E-state index in [1.54, 1.807) is 0 Å². The summed E-state index contributed by atoms with van der Waals surface area (Å²) in [5.74, 6) is -1.46. The maximum atomic E-state index is 12.9. The Kier molecular flexibility index (Phi) is 56.6. The van der Waals surface area contributed by atoms with E-state index in [0.29, 0.717) is 19.3 Å². The molecule has 0 bridgehead atoms. The number of hydrogen-bond donors (Lipinski definition) is 2. The molecular formula is C64H117O11P. The molecule has 12 heteroatoms. The van der Waals surface area contributed by atoms with Gasteiger partial charge in [-0.1, -0.05) is 249 Å². The van der Waals surface area contributed by atoms with Crippen LogP contribution in [0.5, 0.6) is 0 Å². The summed E-state index contributed by atoms with van der Waals surface area (Å²) in [7, 11) is -4.75. The Balaban J connectivity index is 4.68. The summed E-state index contributed by atoms with van der Waals surface area (Å²) in [6.07, 6.45) is 63.4. The standard InChI is InChI=1S/C64H117O11P/c1-4-7-10-13-16-19-22-25-28-30-33-36-39-42-45-48-51-54-63(67)74-60(56-65)58-72-76(69,70)73-59-61(57-71-62(66)53-50-47-44-41-38-35-32-27-24-21-18-15-12-9-6-3)75-64(68)55-52-49-46-43-40-37-34-31-29-26-23-20-17-14-11-8-5-2/h16-17,19-20,25-26,28-29,60-61,65H,4-15,18,21-24,27,30-59H2,1-3H3,(H,69,70)/b19-16-,20-17-,28-25-,29-26-. The molecule has 0 aromatic heterocycles. The van der Waals surface area contributed by atoms with Crippen LogP contribution in [0.25, 0.3) is 0 Å². The van der Waals surface area contributed by atoms with Gasteiger partial charge in [0.1, 0.15) is 12.7 Å². The van der Waals surface area contributed by atoms with Crippen LogP contribution in [0.4, 0.5) is 0 Å². The molecule has 0 saturated heterocycles. The van der Waals surface area contributed by atoms with Gasteiger partial charge >= 0.3 is 25.7 Å². The van der Waals surface area contributed by atoms with E-state index >= 15 is 0 Å². The molecule has 0 spiro atoms. The molecule has 0 radical (unpaired) electrons. The van der Waals surface area contributed by atoms with E-state index < -0.39 is 57.8 Å². The highest BCUT2D eigenvalue weighted by Crippen LogP contribution is 2.43. The summed E-state index contributed by atoms with van der Waals surface area (Å²) < 4.78 is 39.7. The Morgan fingerprint density at radius 1 is 0.368 bits per heavy atom. The second kappa shape index (κ2) is 58.6. The van der Waals surface area contributed by atoms with Crippen molar-refractivity contribution in [3.63, 3.8) is 0 Å². The fourth-order valence-electron chi connectivity index (χ4n) is 8.89. The van der Waals surface area contributed by atoms with Crippen LogP contribution in [0.1, 0.15) is 303 Å². The third-order valence-electron chi connectivity index (χ3n) is 13.7. The van der Waals surface area contributed by atoms with Crippen LogP contribution in [-0.2, 0) is 42.2 Å². The van der Waals surface area contributed by atoms with Crippen molar-refractivity contribution < 1.29 is 52.2 Å². The maximum Gasteiger partial charge on any atom is 0.472 e. The fraction of sp³-hybridized carbons (Fsp3) is 0.828. The zero-order valence-corrected chi connectivity index (χ0v) is 50.1. The minimum Gasteiger partial charge on any atom is -0.462 e. The third-order valence-corrected chi connectivity index (χ3v) is 14.7. The molecule has 0 aliphatic rings. The zero-order valence-electron chi connectivity index (χ0n) is 49.2. The summed E-state index contributed by atoms with van der Waals surface area (Å²) in [4.78, 5) is 48.7. The van der Waals surface area contributed by atoms with E-state index in [2.05, 4.69) is 69.4 Å². The normalized spacial score (nSPS) is 13.6. The minimum atomic E-state index is -4.75. The minimum absolute atomic E-state index is 0.161. The quantitative estimate of drug-likeness (QED) is 0.0197. The summed E-state index contributed by atoms with van der Waals surface area (Å²) in [5.41, 5.74) is 0. The molecular weight excluding hydrogens is 976 g/mol. The van der Waals surface area contributed by atoms with E-state index in [0.717, 1.165) is 96.3 Å². The zero-order chi connectivity index (χ0) is 55.5. The van der Waals surface area contributed by atoms with Crippen molar-refractivity contribution in [1.29, 1.82) is 0 Å². The molecule has 444 valence electrons. The Labute approximate surface area is 466 Å². The third kappa shape index (κ3) is 56.2. The van der Waals surface area contributed by atoms with Gasteiger partial charge in [-0.2, -0.15) is 0 Å². The van der Waals surface area contributed by atoms with E-state index in [-0.39, 0.29) is 25.9 Å². The monoisotopic (exact) mass is 1090 g/mol. The van der Waals surface area contributed by atoms with Gasteiger partial charge in [0.2, 0.25) is 0 Å². The number of carbonyl (C=O) groups is 3. The van der Waals surface area contributed by atoms with Crippen molar-refractivity contribution in [3.05, 3.63) is 48.6 Å². The van der Waals surface area contributed by atoms with E-state index in [9.17, 15) is 28.9 Å². The molecule has 0 heterocycles. The largest absolute Gasteiger partial charge is 0.472 e. The highest BCUT2D eigenvalue weighted by Gasteiger charge is 2.28. The lowest BCUT2D eigenvalue weighted by atomic mass is 10.0. The lowest BCUT2D eigenvalue weighted by Crippen LogP contribution is -2.30. The Hall–Kier alpha value is -2.56. The molecule has 11 nitrogen and oxygen atoms in total. The Morgan fingerprint density at radius 2 is 0.645 bits per heavy atom. The van der Waals surface area contributed by atoms with Crippen LogP contribution in [0.3, 0.4) is 0 Å². The molecule has 0 aliphatic heterocycles. The molecule has 0 fully saturated rings.